The Balaban J connectivity index is 2.07. The molecule has 1 aliphatic heterocycles. The summed E-state index contributed by atoms with van der Waals surface area (Å²) in [6.45, 7) is 1.19. The molecule has 192 valence electrons. The van der Waals surface area contributed by atoms with E-state index in [1.165, 1.54) is 14.2 Å². The van der Waals surface area contributed by atoms with Gasteiger partial charge in [-0.25, -0.2) is 19.2 Å². The molecule has 9 nitrogen and oxygen atoms in total. The summed E-state index contributed by atoms with van der Waals surface area (Å²) in [5, 5.41) is 1.75. The molecule has 0 aromatic heterocycles. The predicted octanol–water partition coefficient (Wildman–Crippen LogP) is 2.53. The number of benzene rings is 2. The van der Waals surface area contributed by atoms with Gasteiger partial charge >= 0.3 is 23.9 Å². The number of ether oxygens (including phenoxy) is 4. The molecule has 2 atom stereocenters. The van der Waals surface area contributed by atoms with Crippen molar-refractivity contribution in [3.8, 4) is 0 Å². The Morgan fingerprint density at radius 2 is 1.32 bits per heavy atom. The van der Waals surface area contributed by atoms with Gasteiger partial charge in [-0.1, -0.05) is 36.4 Å². The average Bonchev–Trinajstić information content (AvgIpc) is 3.57. The maximum absolute atomic E-state index is 13.8. The quantitative estimate of drug-likeness (QED) is 0.447. The molecule has 2 aliphatic carbocycles. The first-order valence-corrected chi connectivity index (χ1v) is 12.0. The minimum Gasteiger partial charge on any atom is -0.466 e. The first kappa shape index (κ1) is 24.7. The van der Waals surface area contributed by atoms with E-state index in [0.29, 0.717) is 13.1 Å². The summed E-state index contributed by atoms with van der Waals surface area (Å²) in [6.07, 6.45) is 1.70. The van der Waals surface area contributed by atoms with Crippen LogP contribution in [-0.4, -0.2) is 70.3 Å². The smallest absolute Gasteiger partial charge is 0.339 e. The van der Waals surface area contributed by atoms with Crippen molar-refractivity contribution in [2.24, 2.45) is 0 Å². The van der Waals surface area contributed by atoms with Gasteiger partial charge in [0.15, 0.2) is 0 Å². The van der Waals surface area contributed by atoms with Crippen molar-refractivity contribution in [3.63, 3.8) is 0 Å². The van der Waals surface area contributed by atoms with Gasteiger partial charge in [0.2, 0.25) is 0 Å². The Hall–Kier alpha value is -3.98. The first-order valence-electron chi connectivity index (χ1n) is 12.0. The highest BCUT2D eigenvalue weighted by molar-refractivity contribution is 6.19. The van der Waals surface area contributed by atoms with E-state index in [0.717, 1.165) is 49.0 Å². The standard InChI is InChI=1S/C28H27NO8/c1-34-24(30)19-20(25(31)35-2)22-16-11-7-9-15-10-8-12-17(18(15)16)28(22,29-13-5-6-14-29)23(27(33)37-4)21(19)26(32)36-3/h7-12,22H,5-6,13-14H2,1-4H3. The van der Waals surface area contributed by atoms with Gasteiger partial charge in [0.1, 0.15) is 0 Å². The van der Waals surface area contributed by atoms with Gasteiger partial charge in [-0.15, -0.1) is 0 Å². The summed E-state index contributed by atoms with van der Waals surface area (Å²) in [4.78, 5) is 56.2. The van der Waals surface area contributed by atoms with Gasteiger partial charge in [-0.3, -0.25) is 4.90 Å². The number of esters is 4. The second kappa shape index (κ2) is 9.15. The lowest BCUT2D eigenvalue weighted by Crippen LogP contribution is -2.55. The lowest BCUT2D eigenvalue weighted by molar-refractivity contribution is -0.143. The first-order chi connectivity index (χ1) is 17.9. The second-order valence-electron chi connectivity index (χ2n) is 9.15. The van der Waals surface area contributed by atoms with E-state index in [1.54, 1.807) is 0 Å². The van der Waals surface area contributed by atoms with Crippen LogP contribution in [0.4, 0.5) is 0 Å². The molecule has 0 N–H and O–H groups in total. The molecular weight excluding hydrogens is 478 g/mol. The number of hydrogen-bond donors (Lipinski definition) is 0. The molecule has 1 heterocycles. The highest BCUT2D eigenvalue weighted by Gasteiger charge is 2.64. The maximum Gasteiger partial charge on any atom is 0.339 e. The third kappa shape index (κ3) is 3.20. The molecule has 1 fully saturated rings. The van der Waals surface area contributed by atoms with Gasteiger partial charge in [0.25, 0.3) is 0 Å². The molecule has 0 spiro atoms. The van der Waals surface area contributed by atoms with Gasteiger partial charge in [-0.05, 0) is 47.8 Å². The normalized spacial score (nSPS) is 22.6. The fraction of sp³-hybridized carbons (Fsp3) is 0.357. The number of rotatable bonds is 5. The van der Waals surface area contributed by atoms with Gasteiger partial charge in [0.05, 0.1) is 56.3 Å². The van der Waals surface area contributed by atoms with E-state index in [9.17, 15) is 19.2 Å². The molecule has 5 rings (SSSR count). The van der Waals surface area contributed by atoms with E-state index in [4.69, 9.17) is 18.9 Å². The van der Waals surface area contributed by atoms with Crippen LogP contribution < -0.4 is 0 Å². The van der Waals surface area contributed by atoms with Crippen LogP contribution in [0, 0.1) is 0 Å². The molecule has 9 heteroatoms. The summed E-state index contributed by atoms with van der Waals surface area (Å²) < 4.78 is 20.6. The Morgan fingerprint density at radius 3 is 1.92 bits per heavy atom. The SMILES string of the molecule is COC(=O)C1=C(C(=O)OC)C2c3cccc4cccc(c34)C2(N2CCCC2)C(C(=O)OC)=C1C(=O)OC. The molecule has 1 saturated heterocycles. The van der Waals surface area contributed by atoms with E-state index in [2.05, 4.69) is 4.90 Å². The van der Waals surface area contributed by atoms with Crippen LogP contribution in [0.3, 0.4) is 0 Å². The topological polar surface area (TPSA) is 108 Å². The number of carbonyl (C=O) groups is 4. The Bertz CT molecular complexity index is 1410. The van der Waals surface area contributed by atoms with Gasteiger partial charge in [-0.2, -0.15) is 0 Å². The largest absolute Gasteiger partial charge is 0.466 e. The number of hydrogen-bond acceptors (Lipinski definition) is 9. The maximum atomic E-state index is 13.8. The molecule has 0 amide bonds. The van der Waals surface area contributed by atoms with Crippen LogP contribution in [0.2, 0.25) is 0 Å². The summed E-state index contributed by atoms with van der Waals surface area (Å²) in [5.41, 5.74) is -0.645. The molecule has 0 bridgehead atoms. The van der Waals surface area contributed by atoms with E-state index < -0.39 is 35.3 Å². The minimum atomic E-state index is -1.32. The number of methoxy groups -OCH3 is 4. The number of nitrogens with zero attached hydrogens (tertiary/aromatic N) is 1. The summed E-state index contributed by atoms with van der Waals surface area (Å²) in [5.74, 6) is -4.37. The van der Waals surface area contributed by atoms with Crippen molar-refractivity contribution >= 4 is 34.6 Å². The summed E-state index contributed by atoms with van der Waals surface area (Å²) in [7, 11) is 4.72. The van der Waals surface area contributed by atoms with Crippen LogP contribution in [-0.2, 0) is 43.7 Å². The Kier molecular flexibility index (Phi) is 6.11. The number of carbonyl (C=O) groups excluding carboxylic acids is 4. The van der Waals surface area contributed by atoms with E-state index in [1.807, 2.05) is 36.4 Å². The summed E-state index contributed by atoms with van der Waals surface area (Å²) >= 11 is 0. The lowest BCUT2D eigenvalue weighted by atomic mass is 9.63. The van der Waals surface area contributed by atoms with E-state index in [-0.39, 0.29) is 22.3 Å². The molecule has 3 aliphatic rings. The van der Waals surface area contributed by atoms with Crippen molar-refractivity contribution in [2.75, 3.05) is 41.5 Å². The third-order valence-electron chi connectivity index (χ3n) is 7.69. The number of likely N-dealkylation sites (tertiary alicyclic amines) is 1. The molecule has 2 unspecified atom stereocenters. The lowest BCUT2D eigenvalue weighted by Gasteiger charge is -2.48. The van der Waals surface area contributed by atoms with Crippen LogP contribution >= 0.6 is 0 Å². The van der Waals surface area contributed by atoms with E-state index >= 15 is 0 Å². The zero-order chi connectivity index (χ0) is 26.5. The van der Waals surface area contributed by atoms with Gasteiger partial charge < -0.3 is 18.9 Å². The molecule has 0 radical (unpaired) electrons. The number of fused-ring (bicyclic) bond motifs is 3. The molecule has 0 saturated carbocycles. The Morgan fingerprint density at radius 1 is 0.757 bits per heavy atom. The van der Waals surface area contributed by atoms with Crippen LogP contribution in [0.25, 0.3) is 10.8 Å². The van der Waals surface area contributed by atoms with Crippen LogP contribution in [0.15, 0.2) is 58.7 Å². The van der Waals surface area contributed by atoms with Crippen molar-refractivity contribution in [1.82, 2.24) is 4.90 Å². The monoisotopic (exact) mass is 505 g/mol. The van der Waals surface area contributed by atoms with Crippen molar-refractivity contribution in [2.45, 2.75) is 24.3 Å². The third-order valence-corrected chi connectivity index (χ3v) is 7.69. The second-order valence-corrected chi connectivity index (χ2v) is 9.15. The molecule has 2 aromatic carbocycles. The predicted molar refractivity (Wildman–Crippen MR) is 131 cm³/mol. The fourth-order valence-electron chi connectivity index (χ4n) is 6.44. The minimum absolute atomic E-state index is 0.0505. The highest BCUT2D eigenvalue weighted by Crippen LogP contribution is 2.63. The van der Waals surface area contributed by atoms with Gasteiger partial charge in [0, 0.05) is 5.92 Å². The average molecular weight is 506 g/mol. The zero-order valence-corrected chi connectivity index (χ0v) is 21.1. The molecular formula is C28H27NO8. The van der Waals surface area contributed by atoms with Crippen molar-refractivity contribution < 1.29 is 38.1 Å². The highest BCUT2D eigenvalue weighted by atomic mass is 16.5. The fourth-order valence-corrected chi connectivity index (χ4v) is 6.44. The molecule has 2 aromatic rings. The Labute approximate surface area is 213 Å². The van der Waals surface area contributed by atoms with Crippen molar-refractivity contribution in [3.05, 3.63) is 69.8 Å². The zero-order valence-electron chi connectivity index (χ0n) is 21.1. The molecule has 37 heavy (non-hydrogen) atoms. The van der Waals surface area contributed by atoms with Crippen LogP contribution in [0.5, 0.6) is 0 Å². The summed E-state index contributed by atoms with van der Waals surface area (Å²) in [6, 6.07) is 11.4. The van der Waals surface area contributed by atoms with Crippen molar-refractivity contribution in [1.29, 1.82) is 0 Å². The van der Waals surface area contributed by atoms with Crippen LogP contribution in [0.1, 0.15) is 29.9 Å².